The highest BCUT2D eigenvalue weighted by Crippen LogP contribution is 2.32. The molecule has 0 fully saturated rings. The zero-order valence-electron chi connectivity index (χ0n) is 15.8. The van der Waals surface area contributed by atoms with Gasteiger partial charge in [0.1, 0.15) is 12.1 Å². The third-order valence-electron chi connectivity index (χ3n) is 5.24. The topological polar surface area (TPSA) is 63.2 Å². The van der Waals surface area contributed by atoms with Crippen molar-refractivity contribution in [2.75, 3.05) is 17.7 Å². The summed E-state index contributed by atoms with van der Waals surface area (Å²) in [7, 11) is -3.28. The van der Waals surface area contributed by atoms with E-state index in [9.17, 15) is 8.42 Å². The Kier molecular flexibility index (Phi) is 4.38. The molecule has 1 aromatic heterocycles. The van der Waals surface area contributed by atoms with Crippen molar-refractivity contribution in [2.24, 2.45) is 0 Å². The van der Waals surface area contributed by atoms with Gasteiger partial charge in [0.05, 0.1) is 10.4 Å². The van der Waals surface area contributed by atoms with E-state index in [1.54, 1.807) is 24.5 Å². The minimum absolute atomic E-state index is 0.297. The van der Waals surface area contributed by atoms with Crippen LogP contribution in [0, 0.1) is 0 Å². The van der Waals surface area contributed by atoms with E-state index in [-0.39, 0.29) is 0 Å². The van der Waals surface area contributed by atoms with Gasteiger partial charge in [-0.25, -0.2) is 18.4 Å². The first-order chi connectivity index (χ1) is 12.8. The Morgan fingerprint density at radius 1 is 1.11 bits per heavy atom. The Hall–Kier alpha value is -2.47. The number of anilines is 1. The van der Waals surface area contributed by atoms with Crippen LogP contribution in [0.2, 0.25) is 0 Å². The molecule has 0 bridgehead atoms. The number of hydrogen-bond donors (Lipinski definition) is 0. The van der Waals surface area contributed by atoms with Gasteiger partial charge in [0.2, 0.25) is 0 Å². The highest BCUT2D eigenvalue weighted by Gasteiger charge is 2.22. The summed E-state index contributed by atoms with van der Waals surface area (Å²) >= 11 is 0. The van der Waals surface area contributed by atoms with Crippen molar-refractivity contribution < 1.29 is 8.42 Å². The fourth-order valence-electron chi connectivity index (χ4n) is 3.87. The van der Waals surface area contributed by atoms with E-state index in [2.05, 4.69) is 46.9 Å². The summed E-state index contributed by atoms with van der Waals surface area (Å²) in [5, 5.41) is 0.781. The lowest BCUT2D eigenvalue weighted by atomic mass is 9.89. The molecule has 0 saturated carbocycles. The number of hydrogen-bond acceptors (Lipinski definition) is 5. The zero-order valence-corrected chi connectivity index (χ0v) is 16.6. The SMILES string of the molecule is CC(C)c1cccc2c1CCN(c1ncnc3ccc(S(C)(=O)=O)cc13)C2. The zero-order chi connectivity index (χ0) is 19.2. The number of nitrogens with zero attached hydrogens (tertiary/aromatic N) is 3. The van der Waals surface area contributed by atoms with Gasteiger partial charge in [-0.1, -0.05) is 32.0 Å². The average Bonchev–Trinajstić information content (AvgIpc) is 2.65. The van der Waals surface area contributed by atoms with Crippen LogP contribution in [0.1, 0.15) is 36.5 Å². The van der Waals surface area contributed by atoms with Crippen LogP contribution in [0.15, 0.2) is 47.6 Å². The molecule has 5 nitrogen and oxygen atoms in total. The van der Waals surface area contributed by atoms with Crippen molar-refractivity contribution in [1.82, 2.24) is 9.97 Å². The van der Waals surface area contributed by atoms with Crippen LogP contribution in [0.25, 0.3) is 10.9 Å². The van der Waals surface area contributed by atoms with Gasteiger partial charge in [-0.05, 0) is 47.2 Å². The fraction of sp³-hybridized carbons (Fsp3) is 0.333. The second-order valence-electron chi connectivity index (χ2n) is 7.46. The molecular weight excluding hydrogens is 358 g/mol. The Morgan fingerprint density at radius 3 is 2.67 bits per heavy atom. The van der Waals surface area contributed by atoms with Crippen LogP contribution in [-0.2, 0) is 22.8 Å². The smallest absolute Gasteiger partial charge is 0.175 e. The van der Waals surface area contributed by atoms with Gasteiger partial charge >= 0.3 is 0 Å². The molecule has 140 valence electrons. The van der Waals surface area contributed by atoms with Crippen molar-refractivity contribution in [2.45, 2.75) is 37.6 Å². The van der Waals surface area contributed by atoms with E-state index >= 15 is 0 Å². The number of benzene rings is 2. The van der Waals surface area contributed by atoms with Gasteiger partial charge in [0.25, 0.3) is 0 Å². The lowest BCUT2D eigenvalue weighted by molar-refractivity contribution is 0.602. The standard InChI is InChI=1S/C21H23N3O2S/c1-14(2)17-6-4-5-15-12-24(10-9-18(15)17)21-19-11-16(27(3,25)26)7-8-20(19)22-13-23-21/h4-8,11,13-14H,9-10,12H2,1-3H3. The predicted molar refractivity (Wildman–Crippen MR) is 108 cm³/mol. The molecule has 1 aliphatic rings. The molecule has 0 spiro atoms. The van der Waals surface area contributed by atoms with Gasteiger partial charge in [-0.2, -0.15) is 0 Å². The Balaban J connectivity index is 1.79. The maximum Gasteiger partial charge on any atom is 0.175 e. The molecule has 27 heavy (non-hydrogen) atoms. The quantitative estimate of drug-likeness (QED) is 0.692. The summed E-state index contributed by atoms with van der Waals surface area (Å²) in [5.41, 5.74) is 4.94. The summed E-state index contributed by atoms with van der Waals surface area (Å²) in [4.78, 5) is 11.3. The molecule has 0 radical (unpaired) electrons. The second-order valence-corrected chi connectivity index (χ2v) is 9.48. The number of fused-ring (bicyclic) bond motifs is 2. The number of sulfone groups is 1. The van der Waals surface area contributed by atoms with Crippen molar-refractivity contribution in [1.29, 1.82) is 0 Å². The van der Waals surface area contributed by atoms with E-state index in [1.165, 1.54) is 22.9 Å². The first-order valence-corrected chi connectivity index (χ1v) is 11.0. The maximum atomic E-state index is 12.0. The van der Waals surface area contributed by atoms with Crippen LogP contribution < -0.4 is 4.90 Å². The third kappa shape index (κ3) is 3.30. The van der Waals surface area contributed by atoms with Crippen LogP contribution in [0.3, 0.4) is 0 Å². The largest absolute Gasteiger partial charge is 0.351 e. The summed E-state index contributed by atoms with van der Waals surface area (Å²) < 4.78 is 23.9. The first kappa shape index (κ1) is 17.9. The van der Waals surface area contributed by atoms with E-state index < -0.39 is 9.84 Å². The van der Waals surface area contributed by atoms with Crippen LogP contribution in [0.4, 0.5) is 5.82 Å². The molecule has 2 aromatic carbocycles. The highest BCUT2D eigenvalue weighted by atomic mass is 32.2. The highest BCUT2D eigenvalue weighted by molar-refractivity contribution is 7.90. The average molecular weight is 382 g/mol. The van der Waals surface area contributed by atoms with Gasteiger partial charge in [-0.3, -0.25) is 0 Å². The lowest BCUT2D eigenvalue weighted by Crippen LogP contribution is -2.32. The minimum atomic E-state index is -3.28. The molecule has 0 aliphatic carbocycles. The van der Waals surface area contributed by atoms with E-state index in [1.807, 2.05) is 0 Å². The molecular formula is C21H23N3O2S. The van der Waals surface area contributed by atoms with E-state index in [4.69, 9.17) is 0 Å². The van der Waals surface area contributed by atoms with Crippen LogP contribution in [-0.4, -0.2) is 31.2 Å². The van der Waals surface area contributed by atoms with Gasteiger partial charge < -0.3 is 4.90 Å². The normalized spacial score (nSPS) is 14.6. The molecule has 0 amide bonds. The van der Waals surface area contributed by atoms with Crippen molar-refractivity contribution in [3.05, 3.63) is 59.4 Å². The summed E-state index contributed by atoms with van der Waals surface area (Å²) in [6.45, 7) is 6.08. The Labute approximate surface area is 160 Å². The fourth-order valence-corrected chi connectivity index (χ4v) is 4.51. The van der Waals surface area contributed by atoms with Crippen molar-refractivity contribution >= 4 is 26.6 Å². The number of aromatic nitrogens is 2. The van der Waals surface area contributed by atoms with Crippen molar-refractivity contribution in [3.63, 3.8) is 0 Å². The monoisotopic (exact) mass is 381 g/mol. The molecule has 2 heterocycles. The molecule has 1 aliphatic heterocycles. The summed E-state index contributed by atoms with van der Waals surface area (Å²) in [5.74, 6) is 1.30. The maximum absolute atomic E-state index is 12.0. The van der Waals surface area contributed by atoms with Gasteiger partial charge in [-0.15, -0.1) is 0 Å². The molecule has 4 rings (SSSR count). The molecule has 0 saturated heterocycles. The van der Waals surface area contributed by atoms with E-state index in [0.717, 1.165) is 36.2 Å². The summed E-state index contributed by atoms with van der Waals surface area (Å²) in [6.07, 6.45) is 3.74. The predicted octanol–water partition coefficient (Wildman–Crippen LogP) is 3.72. The molecule has 3 aromatic rings. The van der Waals surface area contributed by atoms with Crippen LogP contribution >= 0.6 is 0 Å². The molecule has 0 atom stereocenters. The Morgan fingerprint density at radius 2 is 1.93 bits per heavy atom. The van der Waals surface area contributed by atoms with Gasteiger partial charge in [0.15, 0.2) is 9.84 Å². The molecule has 6 heteroatoms. The van der Waals surface area contributed by atoms with Gasteiger partial charge in [0, 0.05) is 24.7 Å². The molecule has 0 N–H and O–H groups in total. The van der Waals surface area contributed by atoms with Crippen LogP contribution in [0.5, 0.6) is 0 Å². The first-order valence-electron chi connectivity index (χ1n) is 9.15. The van der Waals surface area contributed by atoms with E-state index in [0.29, 0.717) is 10.8 Å². The number of rotatable bonds is 3. The minimum Gasteiger partial charge on any atom is -0.351 e. The lowest BCUT2D eigenvalue weighted by Gasteiger charge is -2.32. The Bertz CT molecular complexity index is 1120. The molecule has 0 unspecified atom stereocenters. The van der Waals surface area contributed by atoms with Crippen molar-refractivity contribution in [3.8, 4) is 0 Å². The third-order valence-corrected chi connectivity index (χ3v) is 6.35. The summed E-state index contributed by atoms with van der Waals surface area (Å²) in [6, 6.07) is 11.6. The second kappa shape index (κ2) is 6.60.